The molecule has 1 aliphatic carbocycles. The molecule has 0 bridgehead atoms. The fraction of sp³-hybridized carbons (Fsp3) is 0.353. The summed E-state index contributed by atoms with van der Waals surface area (Å²) in [4.78, 5) is 37.6. The molecule has 1 aromatic heterocycles. The minimum Gasteiger partial charge on any atom is -0.449 e. The molecule has 4 rings (SSSR count). The van der Waals surface area contributed by atoms with E-state index in [4.69, 9.17) is 9.47 Å². The molecule has 2 heterocycles. The van der Waals surface area contributed by atoms with Gasteiger partial charge < -0.3 is 14.6 Å². The molecule has 2 aliphatic rings. The lowest BCUT2D eigenvalue weighted by atomic mass is 10.1. The molecule has 9 heteroatoms. The smallest absolute Gasteiger partial charge is 0.338 e. The third-order valence-corrected chi connectivity index (χ3v) is 4.86. The number of hydrogen-bond acceptors (Lipinski definition) is 6. The van der Waals surface area contributed by atoms with E-state index in [0.29, 0.717) is 0 Å². The second kappa shape index (κ2) is 5.61. The van der Waals surface area contributed by atoms with Crippen LogP contribution in [-0.4, -0.2) is 38.7 Å². The van der Waals surface area contributed by atoms with Gasteiger partial charge in [-0.2, -0.15) is 0 Å². The molecule has 4 atom stereocenters. The topological polar surface area (TPSA) is 111 Å². The van der Waals surface area contributed by atoms with E-state index in [2.05, 4.69) is 4.98 Å². The molecule has 26 heavy (non-hydrogen) atoms. The van der Waals surface area contributed by atoms with Crippen molar-refractivity contribution < 1.29 is 23.8 Å². The van der Waals surface area contributed by atoms with Gasteiger partial charge in [-0.15, -0.1) is 0 Å². The molecular weight excluding hydrogens is 347 g/mol. The van der Waals surface area contributed by atoms with E-state index in [1.54, 1.807) is 18.2 Å². The predicted molar refractivity (Wildman–Crippen MR) is 85.1 cm³/mol. The van der Waals surface area contributed by atoms with Crippen molar-refractivity contribution in [3.05, 3.63) is 69.0 Å². The second-order valence-corrected chi connectivity index (χ2v) is 6.37. The average Bonchev–Trinajstić information content (AvgIpc) is 3.31. The lowest BCUT2D eigenvalue weighted by Crippen LogP contribution is -2.46. The number of H-pyrrole nitrogens is 1. The zero-order chi connectivity index (χ0) is 18.5. The molecule has 0 amide bonds. The van der Waals surface area contributed by atoms with Crippen molar-refractivity contribution in [2.75, 3.05) is 6.61 Å². The van der Waals surface area contributed by atoms with E-state index < -0.39 is 47.4 Å². The van der Waals surface area contributed by atoms with Gasteiger partial charge >= 0.3 is 11.7 Å². The highest BCUT2D eigenvalue weighted by Gasteiger charge is 2.81. The van der Waals surface area contributed by atoms with Gasteiger partial charge in [-0.25, -0.2) is 14.0 Å². The van der Waals surface area contributed by atoms with Crippen LogP contribution in [0.25, 0.3) is 0 Å². The zero-order valence-corrected chi connectivity index (χ0v) is 13.4. The Kier molecular flexibility index (Phi) is 3.60. The van der Waals surface area contributed by atoms with Crippen molar-refractivity contribution >= 4 is 5.97 Å². The maximum atomic E-state index is 15.2. The van der Waals surface area contributed by atoms with Crippen molar-refractivity contribution in [2.45, 2.75) is 24.1 Å². The highest BCUT2D eigenvalue weighted by Crippen LogP contribution is 2.67. The number of carbonyl (C=O) groups is 1. The van der Waals surface area contributed by atoms with Crippen molar-refractivity contribution in [3.8, 4) is 0 Å². The SMILES string of the molecule is O=C(O[C@@]12C[C@@H]1[C@H](n1ccc(=O)[nH]c1=O)O[C@]2(F)CO)c1ccccc1. The van der Waals surface area contributed by atoms with Gasteiger partial charge in [0.05, 0.1) is 11.5 Å². The monoisotopic (exact) mass is 362 g/mol. The fourth-order valence-electron chi connectivity index (χ4n) is 3.44. The third kappa shape index (κ3) is 2.31. The molecule has 0 spiro atoms. The Morgan fingerprint density at radius 1 is 1.35 bits per heavy atom. The molecule has 2 N–H and O–H groups in total. The summed E-state index contributed by atoms with van der Waals surface area (Å²) >= 11 is 0. The molecule has 1 aliphatic heterocycles. The van der Waals surface area contributed by atoms with Crippen molar-refractivity contribution in [1.82, 2.24) is 9.55 Å². The number of alkyl halides is 1. The maximum absolute atomic E-state index is 15.2. The van der Waals surface area contributed by atoms with Gasteiger partial charge in [-0.05, 0) is 12.1 Å². The van der Waals surface area contributed by atoms with E-state index >= 15 is 4.39 Å². The Labute approximate surface area is 145 Å². The highest BCUT2D eigenvalue weighted by atomic mass is 19.2. The first-order valence-corrected chi connectivity index (χ1v) is 7.98. The number of rotatable bonds is 4. The van der Waals surface area contributed by atoms with Gasteiger partial charge in [-0.3, -0.25) is 14.3 Å². The predicted octanol–water partition coefficient (Wildman–Crippen LogP) is 0.339. The third-order valence-electron chi connectivity index (χ3n) is 4.86. The standard InChI is InChI=1S/C17H15FN2O6/c18-17(9-21)16(26-14(23)10-4-2-1-3-5-10)8-11(16)13(25-17)20-7-6-12(22)19-15(20)24/h1-7,11,13,21H,8-9H2,(H,19,22,24)/t11-,13-,16+,17-/m1/s1. The molecular formula is C17H15FN2O6. The number of aromatic amines is 1. The Hall–Kier alpha value is -2.78. The van der Waals surface area contributed by atoms with E-state index in [-0.39, 0.29) is 12.0 Å². The number of aliphatic hydroxyl groups is 1. The summed E-state index contributed by atoms with van der Waals surface area (Å²) in [7, 11) is 0. The number of nitrogens with one attached hydrogen (secondary N) is 1. The Morgan fingerprint density at radius 2 is 2.08 bits per heavy atom. The van der Waals surface area contributed by atoms with Gasteiger partial charge in [0.15, 0.2) is 5.60 Å². The average molecular weight is 362 g/mol. The quantitative estimate of drug-likeness (QED) is 0.759. The van der Waals surface area contributed by atoms with Crippen molar-refractivity contribution in [3.63, 3.8) is 0 Å². The number of aromatic nitrogens is 2. The van der Waals surface area contributed by atoms with Gasteiger partial charge in [0.1, 0.15) is 12.8 Å². The van der Waals surface area contributed by atoms with Crippen LogP contribution >= 0.6 is 0 Å². The molecule has 1 saturated heterocycles. The summed E-state index contributed by atoms with van der Waals surface area (Å²) in [5.41, 5.74) is -2.83. The first kappa shape index (κ1) is 16.7. The van der Waals surface area contributed by atoms with Crippen LogP contribution in [0.3, 0.4) is 0 Å². The Bertz CT molecular complexity index is 973. The van der Waals surface area contributed by atoms with Crippen LogP contribution in [0.5, 0.6) is 0 Å². The number of nitrogens with zero attached hydrogens (tertiary/aromatic N) is 1. The van der Waals surface area contributed by atoms with Gasteiger partial charge in [0.2, 0.25) is 0 Å². The zero-order valence-electron chi connectivity index (χ0n) is 13.4. The summed E-state index contributed by atoms with van der Waals surface area (Å²) in [6, 6.07) is 9.15. The fourth-order valence-corrected chi connectivity index (χ4v) is 3.44. The summed E-state index contributed by atoms with van der Waals surface area (Å²) in [6.45, 7) is -1.04. The molecule has 0 unspecified atom stereocenters. The molecule has 8 nitrogen and oxygen atoms in total. The van der Waals surface area contributed by atoms with Gasteiger partial charge in [0, 0.05) is 18.7 Å². The number of hydrogen-bond donors (Lipinski definition) is 2. The van der Waals surface area contributed by atoms with Crippen LogP contribution in [-0.2, 0) is 9.47 Å². The van der Waals surface area contributed by atoms with Crippen LogP contribution in [0.4, 0.5) is 4.39 Å². The first-order chi connectivity index (χ1) is 12.4. The number of fused-ring (bicyclic) bond motifs is 1. The maximum Gasteiger partial charge on any atom is 0.338 e. The lowest BCUT2D eigenvalue weighted by Gasteiger charge is -2.28. The van der Waals surface area contributed by atoms with Gasteiger partial charge in [-0.1, -0.05) is 18.2 Å². The largest absolute Gasteiger partial charge is 0.449 e. The number of benzene rings is 1. The molecule has 136 valence electrons. The van der Waals surface area contributed by atoms with Crippen LogP contribution in [0.2, 0.25) is 0 Å². The minimum atomic E-state index is -2.65. The summed E-state index contributed by atoms with van der Waals surface area (Å²) in [5.74, 6) is -4.07. The van der Waals surface area contributed by atoms with E-state index in [0.717, 1.165) is 10.6 Å². The van der Waals surface area contributed by atoms with E-state index in [1.165, 1.54) is 18.3 Å². The second-order valence-electron chi connectivity index (χ2n) is 6.37. The number of carbonyl (C=O) groups excluding carboxylic acids is 1. The van der Waals surface area contributed by atoms with E-state index in [9.17, 15) is 19.5 Å². The van der Waals surface area contributed by atoms with Gasteiger partial charge in [0.25, 0.3) is 11.4 Å². The van der Waals surface area contributed by atoms with Crippen LogP contribution in [0.1, 0.15) is 23.0 Å². The van der Waals surface area contributed by atoms with E-state index in [1.807, 2.05) is 0 Å². The first-order valence-electron chi connectivity index (χ1n) is 7.98. The molecule has 1 saturated carbocycles. The lowest BCUT2D eigenvalue weighted by molar-refractivity contribution is -0.235. The Balaban J connectivity index is 1.66. The van der Waals surface area contributed by atoms with Crippen LogP contribution < -0.4 is 11.2 Å². The number of aliphatic hydroxyl groups excluding tert-OH is 1. The number of halogens is 1. The Morgan fingerprint density at radius 3 is 2.73 bits per heavy atom. The normalized spacial score (nSPS) is 32.1. The minimum absolute atomic E-state index is 0.0822. The summed E-state index contributed by atoms with van der Waals surface area (Å²) in [5, 5.41) is 9.51. The summed E-state index contributed by atoms with van der Waals surface area (Å²) < 4.78 is 26.9. The van der Waals surface area contributed by atoms with Crippen LogP contribution in [0, 0.1) is 5.92 Å². The molecule has 2 aromatic rings. The van der Waals surface area contributed by atoms with Crippen molar-refractivity contribution in [1.29, 1.82) is 0 Å². The number of esters is 1. The summed E-state index contributed by atoms with van der Waals surface area (Å²) in [6.07, 6.45) is 0.149. The molecule has 0 radical (unpaired) electrons. The van der Waals surface area contributed by atoms with Crippen molar-refractivity contribution in [2.24, 2.45) is 5.92 Å². The highest BCUT2D eigenvalue weighted by molar-refractivity contribution is 5.90. The molecule has 1 aromatic carbocycles. The molecule has 2 fully saturated rings. The van der Waals surface area contributed by atoms with Crippen LogP contribution in [0.15, 0.2) is 52.2 Å². The number of ether oxygens (including phenoxy) is 2.